The molecule has 1 N–H and O–H groups in total. The molecule has 8 nitrogen and oxygen atoms in total. The zero-order valence-electron chi connectivity index (χ0n) is 16.8. The van der Waals surface area contributed by atoms with Gasteiger partial charge in [0, 0.05) is 23.9 Å². The van der Waals surface area contributed by atoms with Crippen LogP contribution in [0.1, 0.15) is 12.0 Å². The van der Waals surface area contributed by atoms with E-state index >= 15 is 0 Å². The molecule has 3 rings (SSSR count). The highest BCUT2D eigenvalue weighted by molar-refractivity contribution is 7.99. The Morgan fingerprint density at radius 3 is 2.41 bits per heavy atom. The number of benzene rings is 2. The zero-order chi connectivity index (χ0) is 20.5. The summed E-state index contributed by atoms with van der Waals surface area (Å²) in [4.78, 5) is 0. The first-order chi connectivity index (χ1) is 14.3. The fourth-order valence-electron chi connectivity index (χ4n) is 2.81. The summed E-state index contributed by atoms with van der Waals surface area (Å²) in [7, 11) is 4.89. The monoisotopic (exact) mass is 415 g/mol. The molecule has 2 aromatic carbocycles. The van der Waals surface area contributed by atoms with Gasteiger partial charge in [0.2, 0.25) is 5.16 Å². The quantitative estimate of drug-likeness (QED) is 0.378. The Balaban J connectivity index is 1.47. The molecule has 0 aliphatic carbocycles. The SMILES string of the molecule is COc1cc(OC)c(OC)cc1CNCCCSc1nnnn1-c1ccccc1. The smallest absolute Gasteiger partial charge is 0.214 e. The first-order valence-electron chi connectivity index (χ1n) is 9.23. The fourth-order valence-corrected chi connectivity index (χ4v) is 3.64. The van der Waals surface area contributed by atoms with Gasteiger partial charge >= 0.3 is 0 Å². The van der Waals surface area contributed by atoms with Gasteiger partial charge in [-0.2, -0.15) is 4.68 Å². The topological polar surface area (TPSA) is 83.3 Å². The highest BCUT2D eigenvalue weighted by Gasteiger charge is 2.12. The second-order valence-corrected chi connectivity index (χ2v) is 7.17. The molecule has 29 heavy (non-hydrogen) atoms. The number of tetrazole rings is 1. The van der Waals surface area contributed by atoms with E-state index in [9.17, 15) is 0 Å². The predicted octanol–water partition coefficient (Wildman–Crippen LogP) is 2.96. The third-order valence-corrected chi connectivity index (χ3v) is 5.28. The Kier molecular flexibility index (Phi) is 7.71. The minimum absolute atomic E-state index is 0.653. The fraction of sp³-hybridized carbons (Fsp3) is 0.350. The molecule has 9 heteroatoms. The van der Waals surface area contributed by atoms with E-state index in [2.05, 4.69) is 20.8 Å². The van der Waals surface area contributed by atoms with Gasteiger partial charge in [0.25, 0.3) is 0 Å². The summed E-state index contributed by atoms with van der Waals surface area (Å²) in [6.45, 7) is 1.54. The van der Waals surface area contributed by atoms with Crippen molar-refractivity contribution in [1.82, 2.24) is 25.5 Å². The lowest BCUT2D eigenvalue weighted by Gasteiger charge is -2.14. The van der Waals surface area contributed by atoms with Crippen LogP contribution in [-0.2, 0) is 6.54 Å². The van der Waals surface area contributed by atoms with E-state index in [1.807, 2.05) is 42.5 Å². The Morgan fingerprint density at radius 1 is 0.966 bits per heavy atom. The summed E-state index contributed by atoms with van der Waals surface area (Å²) >= 11 is 1.64. The number of hydrogen-bond donors (Lipinski definition) is 1. The first-order valence-corrected chi connectivity index (χ1v) is 10.2. The van der Waals surface area contributed by atoms with Crippen LogP contribution < -0.4 is 19.5 Å². The normalized spacial score (nSPS) is 10.7. The number of aromatic nitrogens is 4. The molecule has 0 bridgehead atoms. The van der Waals surface area contributed by atoms with Crippen LogP contribution in [0.4, 0.5) is 0 Å². The van der Waals surface area contributed by atoms with Crippen molar-refractivity contribution >= 4 is 11.8 Å². The number of rotatable bonds is 11. The van der Waals surface area contributed by atoms with Crippen LogP contribution in [0.3, 0.4) is 0 Å². The van der Waals surface area contributed by atoms with Gasteiger partial charge in [-0.1, -0.05) is 30.0 Å². The van der Waals surface area contributed by atoms with Crippen LogP contribution >= 0.6 is 11.8 Å². The maximum Gasteiger partial charge on any atom is 0.214 e. The molecule has 0 radical (unpaired) electrons. The number of nitrogens with zero attached hydrogens (tertiary/aromatic N) is 4. The number of thioether (sulfide) groups is 1. The van der Waals surface area contributed by atoms with Gasteiger partial charge in [0.15, 0.2) is 11.5 Å². The van der Waals surface area contributed by atoms with Gasteiger partial charge < -0.3 is 19.5 Å². The van der Waals surface area contributed by atoms with Crippen molar-refractivity contribution in [3.63, 3.8) is 0 Å². The van der Waals surface area contributed by atoms with Crippen molar-refractivity contribution in [3.05, 3.63) is 48.0 Å². The molecule has 154 valence electrons. The van der Waals surface area contributed by atoms with E-state index in [0.29, 0.717) is 18.0 Å². The second-order valence-electron chi connectivity index (χ2n) is 6.11. The Labute approximate surface area is 174 Å². The van der Waals surface area contributed by atoms with Crippen LogP contribution in [0.5, 0.6) is 17.2 Å². The molecule has 0 aliphatic heterocycles. The van der Waals surface area contributed by atoms with Gasteiger partial charge in [0.05, 0.1) is 27.0 Å². The van der Waals surface area contributed by atoms with Gasteiger partial charge in [-0.3, -0.25) is 0 Å². The third kappa shape index (κ3) is 5.39. The van der Waals surface area contributed by atoms with Crippen LogP contribution in [0, 0.1) is 0 Å². The Bertz CT molecular complexity index is 904. The second kappa shape index (κ2) is 10.7. The van der Waals surface area contributed by atoms with E-state index in [4.69, 9.17) is 14.2 Å². The molecule has 0 saturated carbocycles. The van der Waals surface area contributed by atoms with Crippen molar-refractivity contribution in [2.45, 2.75) is 18.1 Å². The average Bonchev–Trinajstić information content (AvgIpc) is 3.24. The molecular weight excluding hydrogens is 390 g/mol. The zero-order valence-corrected chi connectivity index (χ0v) is 17.6. The molecule has 0 saturated heterocycles. The minimum atomic E-state index is 0.653. The highest BCUT2D eigenvalue weighted by atomic mass is 32.2. The van der Waals surface area contributed by atoms with Gasteiger partial charge in [-0.25, -0.2) is 0 Å². The molecule has 1 heterocycles. The van der Waals surface area contributed by atoms with Gasteiger partial charge in [-0.05, 0) is 41.6 Å². The number of nitrogens with one attached hydrogen (secondary N) is 1. The van der Waals surface area contributed by atoms with Crippen LogP contribution in [-0.4, -0.2) is 53.8 Å². The summed E-state index contributed by atoms with van der Waals surface area (Å²) in [5.41, 5.74) is 1.98. The molecule has 1 aromatic heterocycles. The Hall–Kier alpha value is -2.78. The summed E-state index contributed by atoms with van der Waals surface area (Å²) in [5, 5.41) is 16.2. The first kappa shape index (κ1) is 20.9. The number of methoxy groups -OCH3 is 3. The molecule has 0 spiro atoms. The van der Waals surface area contributed by atoms with E-state index in [1.54, 1.807) is 37.8 Å². The Morgan fingerprint density at radius 2 is 1.69 bits per heavy atom. The number of ether oxygens (including phenoxy) is 3. The number of para-hydroxylation sites is 1. The summed E-state index contributed by atoms with van der Waals surface area (Å²) in [6, 6.07) is 13.7. The molecular formula is C20H25N5O3S. The largest absolute Gasteiger partial charge is 0.496 e. The molecule has 0 aliphatic rings. The summed E-state index contributed by atoms with van der Waals surface area (Å²) in [6.07, 6.45) is 0.974. The minimum Gasteiger partial charge on any atom is -0.496 e. The predicted molar refractivity (Wildman–Crippen MR) is 112 cm³/mol. The molecule has 0 amide bonds. The lowest BCUT2D eigenvalue weighted by molar-refractivity contribution is 0.347. The van der Waals surface area contributed by atoms with E-state index in [1.165, 1.54) is 0 Å². The van der Waals surface area contributed by atoms with Crippen LogP contribution in [0.15, 0.2) is 47.6 Å². The van der Waals surface area contributed by atoms with E-state index in [-0.39, 0.29) is 0 Å². The van der Waals surface area contributed by atoms with Crippen LogP contribution in [0.2, 0.25) is 0 Å². The molecule has 0 unspecified atom stereocenters. The standard InChI is InChI=1S/C20H25N5O3S/c1-26-17-13-19(28-3)18(27-2)12-15(17)14-21-10-7-11-29-20-22-23-24-25(20)16-8-5-4-6-9-16/h4-6,8-9,12-13,21H,7,10-11,14H2,1-3H3. The van der Waals surface area contributed by atoms with Crippen molar-refractivity contribution in [3.8, 4) is 22.9 Å². The molecule has 0 atom stereocenters. The van der Waals surface area contributed by atoms with Gasteiger partial charge in [0.1, 0.15) is 5.75 Å². The van der Waals surface area contributed by atoms with E-state index in [0.717, 1.165) is 40.9 Å². The maximum atomic E-state index is 5.47. The lowest BCUT2D eigenvalue weighted by atomic mass is 10.1. The molecule has 0 fully saturated rings. The van der Waals surface area contributed by atoms with E-state index < -0.39 is 0 Å². The molecule has 3 aromatic rings. The third-order valence-electron chi connectivity index (χ3n) is 4.27. The van der Waals surface area contributed by atoms with Crippen LogP contribution in [0.25, 0.3) is 5.69 Å². The summed E-state index contributed by atoms with van der Waals surface area (Å²) < 4.78 is 17.9. The summed E-state index contributed by atoms with van der Waals surface area (Å²) in [5.74, 6) is 3.02. The highest BCUT2D eigenvalue weighted by Crippen LogP contribution is 2.34. The van der Waals surface area contributed by atoms with Crippen molar-refractivity contribution in [2.24, 2.45) is 0 Å². The van der Waals surface area contributed by atoms with Crippen molar-refractivity contribution < 1.29 is 14.2 Å². The lowest BCUT2D eigenvalue weighted by Crippen LogP contribution is -2.16. The van der Waals surface area contributed by atoms with Crippen molar-refractivity contribution in [1.29, 1.82) is 0 Å². The maximum absolute atomic E-state index is 5.47. The average molecular weight is 416 g/mol. The van der Waals surface area contributed by atoms with Crippen molar-refractivity contribution in [2.75, 3.05) is 33.6 Å². The number of hydrogen-bond acceptors (Lipinski definition) is 8. The van der Waals surface area contributed by atoms with Gasteiger partial charge in [-0.15, -0.1) is 5.10 Å².